The minimum atomic E-state index is -1.23. The number of benzene rings is 3. The number of ketones is 1. The Morgan fingerprint density at radius 3 is 1.73 bits per heavy atom. The van der Waals surface area contributed by atoms with Crippen LogP contribution in [0.1, 0.15) is 48.4 Å². The summed E-state index contributed by atoms with van der Waals surface area (Å²) in [4.78, 5) is 54.7. The first-order valence-electron chi connectivity index (χ1n) is 10.5. The summed E-state index contributed by atoms with van der Waals surface area (Å²) >= 11 is 19.5. The van der Waals surface area contributed by atoms with Gasteiger partial charge in [0.05, 0.1) is 18.2 Å². The van der Waals surface area contributed by atoms with Crippen molar-refractivity contribution in [2.24, 2.45) is 0 Å². The smallest absolute Gasteiger partial charge is 0.282 e. The fourth-order valence-electron chi connectivity index (χ4n) is 3.81. The molecule has 1 aliphatic heterocycles. The first-order chi connectivity index (χ1) is 17.5. The van der Waals surface area contributed by atoms with Crippen LogP contribution in [0.5, 0.6) is 5.75 Å². The molecule has 0 aliphatic carbocycles. The lowest BCUT2D eigenvalue weighted by molar-refractivity contribution is -0.00685. The average molecular weight is 778 g/mol. The van der Waals surface area contributed by atoms with Gasteiger partial charge in [-0.2, -0.15) is 5.01 Å². The fourth-order valence-corrected chi connectivity index (χ4v) is 6.39. The number of methoxy groups -OCH3 is 1. The lowest BCUT2D eigenvalue weighted by atomic mass is 10.0. The molecule has 4 rings (SSSR count). The van der Waals surface area contributed by atoms with Crippen LogP contribution in [-0.2, 0) is 0 Å². The molecule has 0 spiro atoms. The van der Waals surface area contributed by atoms with E-state index in [1.165, 1.54) is 38.3 Å². The Balaban J connectivity index is 1.85. The third-order valence-electron chi connectivity index (χ3n) is 5.72. The van der Waals surface area contributed by atoms with Gasteiger partial charge in [0.1, 0.15) is 11.8 Å². The van der Waals surface area contributed by atoms with Crippen LogP contribution >= 0.6 is 75.3 Å². The van der Waals surface area contributed by atoms with Crippen molar-refractivity contribution in [2.75, 3.05) is 7.11 Å². The van der Waals surface area contributed by atoms with Gasteiger partial charge in [-0.05, 0) is 119 Å². The molecule has 1 aliphatic rings. The minimum absolute atomic E-state index is 0.0463. The molecule has 0 saturated carbocycles. The van der Waals surface area contributed by atoms with E-state index in [4.69, 9.17) is 16.3 Å². The number of amides is 3. The van der Waals surface area contributed by atoms with Crippen molar-refractivity contribution in [1.29, 1.82) is 0 Å². The summed E-state index contributed by atoms with van der Waals surface area (Å²) in [6, 6.07) is 11.0. The predicted octanol–water partition coefficient (Wildman–Crippen LogP) is 7.32. The average Bonchev–Trinajstić information content (AvgIpc) is 3.16. The van der Waals surface area contributed by atoms with Crippen LogP contribution in [0.3, 0.4) is 0 Å². The summed E-state index contributed by atoms with van der Waals surface area (Å²) in [6.07, 6.45) is 0. The number of nitrogens with zero attached hydrogens (tertiary/aromatic N) is 2. The Kier molecular flexibility index (Phi) is 8.30. The van der Waals surface area contributed by atoms with Gasteiger partial charge in [0.15, 0.2) is 5.78 Å². The molecule has 37 heavy (non-hydrogen) atoms. The SMILES string of the molecule is COc1ccc(C(=O)[C@H](C)N(C(=O)c2ccc(Cl)cc2)N2C(=O)c3c(Br)c(Br)c(Br)c(Br)c3C2=O)cc1. The fraction of sp³-hybridized carbons (Fsp3) is 0.120. The molecule has 7 nitrogen and oxygen atoms in total. The second kappa shape index (κ2) is 11.0. The van der Waals surface area contributed by atoms with Crippen molar-refractivity contribution >= 4 is 98.8 Å². The quantitative estimate of drug-likeness (QED) is 0.113. The summed E-state index contributed by atoms with van der Waals surface area (Å²) in [5.74, 6) is -2.20. The van der Waals surface area contributed by atoms with Crippen molar-refractivity contribution in [3.8, 4) is 5.75 Å². The van der Waals surface area contributed by atoms with Gasteiger partial charge in [-0.3, -0.25) is 19.2 Å². The molecule has 1 atom stereocenters. The molecular formula is C25H15Br4ClN2O5. The van der Waals surface area contributed by atoms with E-state index in [2.05, 4.69) is 63.7 Å². The van der Waals surface area contributed by atoms with Gasteiger partial charge in [-0.15, -0.1) is 0 Å². The summed E-state index contributed by atoms with van der Waals surface area (Å²) in [5.41, 5.74) is 0.498. The lowest BCUT2D eigenvalue weighted by Gasteiger charge is -2.34. The number of Topliss-reactive ketones (excluding diaryl/α,β-unsaturated/α-hetero) is 1. The van der Waals surface area contributed by atoms with Crippen LogP contribution < -0.4 is 4.74 Å². The monoisotopic (exact) mass is 774 g/mol. The lowest BCUT2D eigenvalue weighted by Crippen LogP contribution is -2.56. The van der Waals surface area contributed by atoms with Gasteiger partial charge in [0.2, 0.25) is 0 Å². The van der Waals surface area contributed by atoms with Crippen LogP contribution in [0, 0.1) is 0 Å². The Bertz CT molecular complexity index is 1410. The van der Waals surface area contributed by atoms with E-state index < -0.39 is 29.5 Å². The largest absolute Gasteiger partial charge is 0.497 e. The summed E-state index contributed by atoms with van der Waals surface area (Å²) in [7, 11) is 1.50. The maximum absolute atomic E-state index is 13.8. The maximum atomic E-state index is 13.8. The van der Waals surface area contributed by atoms with Crippen molar-refractivity contribution in [3.63, 3.8) is 0 Å². The zero-order valence-corrected chi connectivity index (χ0v) is 26.1. The van der Waals surface area contributed by atoms with E-state index >= 15 is 0 Å². The molecule has 12 heteroatoms. The standard InChI is InChI=1S/C25H15Br4ClN2O5/c1-11(22(33)12-5-9-15(37-2)10-6-12)31(23(34)13-3-7-14(30)8-4-13)32-24(35)16-17(25(32)36)19(27)21(29)20(28)18(16)26/h3-11H,1-2H3/t11-/m0/s1. The number of carbonyl (C=O) groups is 4. The first-order valence-corrected chi connectivity index (χ1v) is 14.1. The Labute approximate surface area is 250 Å². The van der Waals surface area contributed by atoms with Crippen LogP contribution in [0.4, 0.5) is 0 Å². The Hall–Kier alpha value is -2.05. The highest BCUT2D eigenvalue weighted by molar-refractivity contribution is 9.15. The molecule has 1 heterocycles. The minimum Gasteiger partial charge on any atom is -0.497 e. The van der Waals surface area contributed by atoms with E-state index in [9.17, 15) is 19.2 Å². The van der Waals surface area contributed by atoms with Crippen LogP contribution in [0.25, 0.3) is 0 Å². The summed E-state index contributed by atoms with van der Waals surface area (Å²) < 4.78 is 6.80. The third-order valence-corrected chi connectivity index (χ3v) is 10.7. The second-order valence-corrected chi connectivity index (χ2v) is 11.5. The zero-order valence-electron chi connectivity index (χ0n) is 19.0. The van der Waals surface area contributed by atoms with Crippen LogP contribution in [-0.4, -0.2) is 46.7 Å². The molecule has 190 valence electrons. The van der Waals surface area contributed by atoms with E-state index in [-0.39, 0.29) is 22.3 Å². The van der Waals surface area contributed by atoms with Gasteiger partial charge in [-0.1, -0.05) is 11.6 Å². The zero-order chi connectivity index (χ0) is 27.2. The Morgan fingerprint density at radius 1 is 0.811 bits per heavy atom. The molecule has 0 aromatic heterocycles. The number of hydrogen-bond acceptors (Lipinski definition) is 5. The van der Waals surface area contributed by atoms with Gasteiger partial charge < -0.3 is 4.74 Å². The number of hydrazine groups is 1. The molecule has 0 bridgehead atoms. The van der Waals surface area contributed by atoms with Gasteiger partial charge >= 0.3 is 0 Å². The number of fused-ring (bicyclic) bond motifs is 1. The van der Waals surface area contributed by atoms with E-state index in [1.54, 1.807) is 24.3 Å². The normalized spacial score (nSPS) is 13.4. The first kappa shape index (κ1) is 28.0. The molecule has 3 amide bonds. The topological polar surface area (TPSA) is 84.0 Å². The van der Waals surface area contributed by atoms with E-state index in [1.807, 2.05) is 0 Å². The van der Waals surface area contributed by atoms with Gasteiger partial charge in [0.25, 0.3) is 17.7 Å². The number of carbonyl (C=O) groups excluding carboxylic acids is 4. The maximum Gasteiger partial charge on any atom is 0.282 e. The molecule has 0 N–H and O–H groups in total. The van der Waals surface area contributed by atoms with Crippen molar-refractivity contribution in [3.05, 3.63) is 93.7 Å². The predicted molar refractivity (Wildman–Crippen MR) is 152 cm³/mol. The highest BCUT2D eigenvalue weighted by Crippen LogP contribution is 2.46. The van der Waals surface area contributed by atoms with Crippen LogP contribution in [0.2, 0.25) is 5.02 Å². The molecule has 3 aromatic carbocycles. The highest BCUT2D eigenvalue weighted by atomic mass is 79.9. The van der Waals surface area contributed by atoms with Gasteiger partial charge in [0, 0.05) is 34.0 Å². The number of halogens is 5. The van der Waals surface area contributed by atoms with Gasteiger partial charge in [-0.25, -0.2) is 5.01 Å². The van der Waals surface area contributed by atoms with Crippen LogP contribution in [0.15, 0.2) is 66.4 Å². The molecule has 3 aromatic rings. The summed E-state index contributed by atoms with van der Waals surface area (Å²) in [5, 5.41) is 2.00. The third kappa shape index (κ3) is 4.92. The summed E-state index contributed by atoms with van der Waals surface area (Å²) in [6.45, 7) is 1.46. The number of hydrogen-bond donors (Lipinski definition) is 0. The van der Waals surface area contributed by atoms with Crippen molar-refractivity contribution in [1.82, 2.24) is 10.0 Å². The Morgan fingerprint density at radius 2 is 1.27 bits per heavy atom. The van der Waals surface area contributed by atoms with E-state index in [0.717, 1.165) is 5.01 Å². The molecular weight excluding hydrogens is 763 g/mol. The molecule has 0 unspecified atom stereocenters. The number of rotatable bonds is 6. The highest BCUT2D eigenvalue weighted by Gasteiger charge is 2.48. The molecule has 0 fully saturated rings. The van der Waals surface area contributed by atoms with Crippen molar-refractivity contribution < 1.29 is 23.9 Å². The molecule has 0 radical (unpaired) electrons. The second-order valence-electron chi connectivity index (χ2n) is 7.85. The van der Waals surface area contributed by atoms with E-state index in [0.29, 0.717) is 33.7 Å². The number of ether oxygens (including phenoxy) is 1. The molecule has 0 saturated heterocycles. The van der Waals surface area contributed by atoms with Crippen molar-refractivity contribution in [2.45, 2.75) is 13.0 Å². The number of imide groups is 1.